The van der Waals surface area contributed by atoms with Gasteiger partial charge in [0.25, 0.3) is 0 Å². The average Bonchev–Trinajstić information content (AvgIpc) is 2.62. The van der Waals surface area contributed by atoms with Gasteiger partial charge in [0.05, 0.1) is 5.52 Å². The molecule has 110 valence electrons. The average molecular weight is 290 g/mol. The van der Waals surface area contributed by atoms with E-state index in [1.54, 1.807) is 6.33 Å². The van der Waals surface area contributed by atoms with E-state index in [1.165, 1.54) is 18.5 Å². The molecule has 0 saturated carbocycles. The third-order valence-electron chi connectivity index (χ3n) is 4.35. The molecule has 22 heavy (non-hydrogen) atoms. The molecule has 4 nitrogen and oxygen atoms in total. The molecule has 0 N–H and O–H groups in total. The Balaban J connectivity index is 1.67. The van der Waals surface area contributed by atoms with Crippen molar-refractivity contribution < 1.29 is 0 Å². The summed E-state index contributed by atoms with van der Waals surface area (Å²) in [6.07, 6.45) is 5.91. The minimum atomic E-state index is 0.476. The molecule has 2 aromatic heterocycles. The van der Waals surface area contributed by atoms with Gasteiger partial charge in [0.15, 0.2) is 0 Å². The zero-order chi connectivity index (χ0) is 14.8. The van der Waals surface area contributed by atoms with E-state index in [0.29, 0.717) is 5.92 Å². The number of hydrogen-bond acceptors (Lipinski definition) is 4. The van der Waals surface area contributed by atoms with E-state index in [2.05, 4.69) is 44.1 Å². The molecular formula is C18H18N4. The highest BCUT2D eigenvalue weighted by molar-refractivity contribution is 5.89. The Morgan fingerprint density at radius 3 is 2.77 bits per heavy atom. The molecule has 3 aromatic rings. The lowest BCUT2D eigenvalue weighted by Gasteiger charge is -2.33. The second-order valence-electron chi connectivity index (χ2n) is 5.75. The Morgan fingerprint density at radius 1 is 0.955 bits per heavy atom. The number of pyridine rings is 1. The Hall–Kier alpha value is -2.49. The number of nitrogens with zero attached hydrogens (tertiary/aromatic N) is 4. The Kier molecular flexibility index (Phi) is 3.43. The van der Waals surface area contributed by atoms with Gasteiger partial charge in [-0.05, 0) is 37.1 Å². The molecule has 0 radical (unpaired) electrons. The molecule has 1 unspecified atom stereocenters. The van der Waals surface area contributed by atoms with E-state index in [4.69, 9.17) is 0 Å². The summed E-state index contributed by atoms with van der Waals surface area (Å²) in [7, 11) is 0. The summed E-state index contributed by atoms with van der Waals surface area (Å²) in [5.41, 5.74) is 2.19. The van der Waals surface area contributed by atoms with Crippen molar-refractivity contribution in [1.29, 1.82) is 0 Å². The SMILES string of the molecule is c1ccc(C2CCCN(c3ncnc4ccccc34)C2)nc1. The second-order valence-corrected chi connectivity index (χ2v) is 5.75. The van der Waals surface area contributed by atoms with Crippen molar-refractivity contribution in [1.82, 2.24) is 15.0 Å². The minimum absolute atomic E-state index is 0.476. The lowest BCUT2D eigenvalue weighted by atomic mass is 9.94. The van der Waals surface area contributed by atoms with Crippen LogP contribution in [0.25, 0.3) is 10.9 Å². The zero-order valence-corrected chi connectivity index (χ0v) is 12.4. The standard InChI is InChI=1S/C18H18N4/c1-2-9-17-15(7-1)18(21-13-20-17)22-11-5-6-14(12-22)16-8-3-4-10-19-16/h1-4,7-10,13-14H,5-6,11-12H2. The first-order valence-corrected chi connectivity index (χ1v) is 7.77. The molecule has 4 rings (SSSR count). The minimum Gasteiger partial charge on any atom is -0.355 e. The largest absolute Gasteiger partial charge is 0.355 e. The highest BCUT2D eigenvalue weighted by Gasteiger charge is 2.24. The van der Waals surface area contributed by atoms with Crippen LogP contribution in [0.15, 0.2) is 55.0 Å². The van der Waals surface area contributed by atoms with Gasteiger partial charge in [-0.25, -0.2) is 9.97 Å². The fourth-order valence-electron chi connectivity index (χ4n) is 3.27. The molecule has 1 aliphatic heterocycles. The van der Waals surface area contributed by atoms with Crippen molar-refractivity contribution in [2.75, 3.05) is 18.0 Å². The fraction of sp³-hybridized carbons (Fsp3) is 0.278. The molecule has 1 fully saturated rings. The molecule has 1 saturated heterocycles. The first-order valence-electron chi connectivity index (χ1n) is 7.77. The predicted molar refractivity (Wildman–Crippen MR) is 88.0 cm³/mol. The number of piperidine rings is 1. The highest BCUT2D eigenvalue weighted by Crippen LogP contribution is 2.30. The lowest BCUT2D eigenvalue weighted by Crippen LogP contribution is -2.35. The van der Waals surface area contributed by atoms with Gasteiger partial charge in [0.2, 0.25) is 0 Å². The molecular weight excluding hydrogens is 272 g/mol. The van der Waals surface area contributed by atoms with Crippen molar-refractivity contribution in [2.45, 2.75) is 18.8 Å². The van der Waals surface area contributed by atoms with Crippen LogP contribution in [0.1, 0.15) is 24.5 Å². The number of benzene rings is 1. The van der Waals surface area contributed by atoms with Gasteiger partial charge in [0.1, 0.15) is 12.1 Å². The molecule has 1 aromatic carbocycles. The molecule has 0 amide bonds. The summed E-state index contributed by atoms with van der Waals surface area (Å²) in [6, 6.07) is 14.4. The first-order chi connectivity index (χ1) is 10.9. The van der Waals surface area contributed by atoms with Crippen LogP contribution in [0.2, 0.25) is 0 Å². The summed E-state index contributed by atoms with van der Waals surface area (Å²) in [5.74, 6) is 1.52. The van der Waals surface area contributed by atoms with Crippen molar-refractivity contribution >= 4 is 16.7 Å². The summed E-state index contributed by atoms with van der Waals surface area (Å²) < 4.78 is 0. The van der Waals surface area contributed by atoms with Gasteiger partial charge in [-0.2, -0.15) is 0 Å². The Morgan fingerprint density at radius 2 is 1.86 bits per heavy atom. The quantitative estimate of drug-likeness (QED) is 0.725. The van der Waals surface area contributed by atoms with Crippen LogP contribution in [-0.4, -0.2) is 28.0 Å². The van der Waals surface area contributed by atoms with Crippen LogP contribution < -0.4 is 4.90 Å². The molecule has 3 heterocycles. The van der Waals surface area contributed by atoms with E-state index in [0.717, 1.165) is 29.8 Å². The van der Waals surface area contributed by atoms with Gasteiger partial charge in [-0.3, -0.25) is 4.98 Å². The third kappa shape index (κ3) is 2.41. The molecule has 4 heteroatoms. The lowest BCUT2D eigenvalue weighted by molar-refractivity contribution is 0.499. The zero-order valence-electron chi connectivity index (χ0n) is 12.4. The maximum absolute atomic E-state index is 4.55. The first kappa shape index (κ1) is 13.2. The van der Waals surface area contributed by atoms with Crippen LogP contribution in [0, 0.1) is 0 Å². The van der Waals surface area contributed by atoms with Gasteiger partial charge in [-0.15, -0.1) is 0 Å². The Labute approximate surface area is 129 Å². The van der Waals surface area contributed by atoms with E-state index >= 15 is 0 Å². The van der Waals surface area contributed by atoms with E-state index in [-0.39, 0.29) is 0 Å². The number of rotatable bonds is 2. The topological polar surface area (TPSA) is 41.9 Å². The smallest absolute Gasteiger partial charge is 0.139 e. The van der Waals surface area contributed by atoms with E-state index in [1.807, 2.05) is 24.4 Å². The van der Waals surface area contributed by atoms with Crippen LogP contribution >= 0.6 is 0 Å². The van der Waals surface area contributed by atoms with Crippen molar-refractivity contribution in [2.24, 2.45) is 0 Å². The molecule has 0 aliphatic carbocycles. The maximum atomic E-state index is 4.55. The Bertz CT molecular complexity index is 767. The third-order valence-corrected chi connectivity index (χ3v) is 4.35. The maximum Gasteiger partial charge on any atom is 0.139 e. The second kappa shape index (κ2) is 5.72. The fourth-order valence-corrected chi connectivity index (χ4v) is 3.27. The summed E-state index contributed by atoms with van der Waals surface area (Å²) in [4.78, 5) is 15.8. The summed E-state index contributed by atoms with van der Waals surface area (Å²) in [6.45, 7) is 2.02. The highest BCUT2D eigenvalue weighted by atomic mass is 15.2. The van der Waals surface area contributed by atoms with Crippen LogP contribution in [-0.2, 0) is 0 Å². The number of para-hydroxylation sites is 1. The van der Waals surface area contributed by atoms with Gasteiger partial charge < -0.3 is 4.90 Å². The molecule has 1 aliphatic rings. The number of hydrogen-bond donors (Lipinski definition) is 0. The number of anilines is 1. The molecule has 1 atom stereocenters. The monoisotopic (exact) mass is 290 g/mol. The van der Waals surface area contributed by atoms with E-state index < -0.39 is 0 Å². The van der Waals surface area contributed by atoms with Crippen molar-refractivity contribution in [3.63, 3.8) is 0 Å². The predicted octanol–water partition coefficient (Wildman–Crippen LogP) is 3.41. The molecule has 0 bridgehead atoms. The van der Waals surface area contributed by atoms with Gasteiger partial charge >= 0.3 is 0 Å². The van der Waals surface area contributed by atoms with Gasteiger partial charge in [0, 0.05) is 36.3 Å². The molecule has 0 spiro atoms. The summed E-state index contributed by atoms with van der Waals surface area (Å²) >= 11 is 0. The van der Waals surface area contributed by atoms with Gasteiger partial charge in [-0.1, -0.05) is 18.2 Å². The summed E-state index contributed by atoms with van der Waals surface area (Å²) in [5, 5.41) is 1.13. The number of aromatic nitrogens is 3. The van der Waals surface area contributed by atoms with Crippen LogP contribution in [0.4, 0.5) is 5.82 Å². The van der Waals surface area contributed by atoms with Crippen molar-refractivity contribution in [3.05, 3.63) is 60.7 Å². The number of fused-ring (bicyclic) bond motifs is 1. The van der Waals surface area contributed by atoms with Crippen LogP contribution in [0.5, 0.6) is 0 Å². The van der Waals surface area contributed by atoms with Crippen molar-refractivity contribution in [3.8, 4) is 0 Å². The van der Waals surface area contributed by atoms with E-state index in [9.17, 15) is 0 Å². The van der Waals surface area contributed by atoms with Crippen LogP contribution in [0.3, 0.4) is 0 Å². The normalized spacial score (nSPS) is 18.5.